The molecule has 1 atom stereocenters. The van der Waals surface area contributed by atoms with Crippen LogP contribution in [0.3, 0.4) is 0 Å². The summed E-state index contributed by atoms with van der Waals surface area (Å²) in [6.45, 7) is 0.650. The Bertz CT molecular complexity index is 971. The molecular weight excluding hydrogens is 366 g/mol. The van der Waals surface area contributed by atoms with Gasteiger partial charge in [0.05, 0.1) is 19.6 Å². The minimum absolute atomic E-state index is 0.112. The molecule has 6 nitrogen and oxygen atoms in total. The van der Waals surface area contributed by atoms with Gasteiger partial charge in [-0.1, -0.05) is 12.1 Å². The highest BCUT2D eigenvalue weighted by atomic mass is 19.1. The molecule has 8 heteroatoms. The largest absolute Gasteiger partial charge is 0.346 e. The average molecular weight is 388 g/mol. The van der Waals surface area contributed by atoms with Crippen LogP contribution in [0.2, 0.25) is 0 Å². The number of alkyl halides is 1. The van der Waals surface area contributed by atoms with E-state index in [-0.39, 0.29) is 35.9 Å². The first-order valence-electron chi connectivity index (χ1n) is 9.84. The number of aromatic nitrogens is 3. The quantitative estimate of drug-likeness (QED) is 0.805. The first-order chi connectivity index (χ1) is 13.5. The van der Waals surface area contributed by atoms with E-state index in [1.54, 1.807) is 12.1 Å². The van der Waals surface area contributed by atoms with E-state index in [1.165, 1.54) is 26.3 Å². The molecule has 1 unspecified atom stereocenters. The van der Waals surface area contributed by atoms with E-state index in [0.717, 1.165) is 24.8 Å². The molecule has 0 N–H and O–H groups in total. The molecule has 2 fully saturated rings. The highest BCUT2D eigenvalue weighted by molar-refractivity contribution is 5.81. The second-order valence-electron chi connectivity index (χ2n) is 8.26. The summed E-state index contributed by atoms with van der Waals surface area (Å²) in [4.78, 5) is 27.3. The Hall–Kier alpha value is -2.51. The lowest BCUT2D eigenvalue weighted by molar-refractivity contribution is -0.142. The van der Waals surface area contributed by atoms with Gasteiger partial charge in [0.15, 0.2) is 0 Å². The fraction of sp³-hybridized carbons (Fsp3) is 0.550. The summed E-state index contributed by atoms with van der Waals surface area (Å²) < 4.78 is 29.4. The van der Waals surface area contributed by atoms with E-state index < -0.39 is 12.2 Å². The maximum absolute atomic E-state index is 13.3. The van der Waals surface area contributed by atoms with Crippen LogP contribution < -0.4 is 5.69 Å². The Balaban J connectivity index is 1.43. The molecule has 3 heterocycles. The lowest BCUT2D eigenvalue weighted by Gasteiger charge is -2.37. The summed E-state index contributed by atoms with van der Waals surface area (Å²) in [5, 5.41) is 4.52. The number of hydrogen-bond acceptors (Lipinski definition) is 3. The molecule has 0 radical (unpaired) electrons. The summed E-state index contributed by atoms with van der Waals surface area (Å²) in [5.74, 6) is 0.162. The Morgan fingerprint density at radius 1 is 1.21 bits per heavy atom. The van der Waals surface area contributed by atoms with Gasteiger partial charge in [-0.15, -0.1) is 0 Å². The highest BCUT2D eigenvalue weighted by Gasteiger charge is 2.46. The van der Waals surface area contributed by atoms with Crippen LogP contribution in [-0.2, 0) is 23.2 Å². The van der Waals surface area contributed by atoms with Crippen LogP contribution in [0.25, 0.3) is 0 Å². The second-order valence-corrected chi connectivity index (χ2v) is 8.26. The smallest absolute Gasteiger partial charge is 0.335 e. The van der Waals surface area contributed by atoms with Gasteiger partial charge in [-0.25, -0.2) is 18.3 Å². The molecule has 1 aliphatic carbocycles. The number of carbonyl (C=O) groups excluding carboxylic acids is 1. The number of likely N-dealkylation sites (tertiary alicyclic amines) is 1. The van der Waals surface area contributed by atoms with Crippen molar-refractivity contribution in [2.45, 2.75) is 56.3 Å². The average Bonchev–Trinajstić information content (AvgIpc) is 3.38. The number of carbonyl (C=O) groups is 1. The summed E-state index contributed by atoms with van der Waals surface area (Å²) in [5.41, 5.74) is 0.535. The molecule has 28 heavy (non-hydrogen) atoms. The number of fused-ring (bicyclic) bond motifs is 1. The molecule has 1 amide bonds. The SMILES string of the molecule is O=C(C1CCCc2nn(CC3(c4ccc(F)cc4)CC3)c(=O)n21)N1CC(F)C1. The van der Waals surface area contributed by atoms with E-state index in [1.807, 2.05) is 0 Å². The topological polar surface area (TPSA) is 60.1 Å². The van der Waals surface area contributed by atoms with E-state index in [0.29, 0.717) is 25.2 Å². The lowest BCUT2D eigenvalue weighted by Crippen LogP contribution is -2.54. The van der Waals surface area contributed by atoms with Crippen molar-refractivity contribution in [1.82, 2.24) is 19.2 Å². The molecule has 5 rings (SSSR count). The molecule has 2 aliphatic heterocycles. The van der Waals surface area contributed by atoms with Gasteiger partial charge in [-0.05, 0) is 43.4 Å². The zero-order valence-corrected chi connectivity index (χ0v) is 15.5. The maximum atomic E-state index is 13.3. The first-order valence-corrected chi connectivity index (χ1v) is 9.84. The summed E-state index contributed by atoms with van der Waals surface area (Å²) in [6.07, 6.45) is 2.89. The van der Waals surface area contributed by atoms with Gasteiger partial charge in [0.1, 0.15) is 23.9 Å². The van der Waals surface area contributed by atoms with E-state index in [4.69, 9.17) is 0 Å². The van der Waals surface area contributed by atoms with Crippen molar-refractivity contribution in [1.29, 1.82) is 0 Å². The van der Waals surface area contributed by atoms with E-state index in [2.05, 4.69) is 5.10 Å². The molecule has 1 aromatic heterocycles. The Morgan fingerprint density at radius 2 is 1.93 bits per heavy atom. The van der Waals surface area contributed by atoms with Crippen LogP contribution in [0.1, 0.15) is 43.1 Å². The van der Waals surface area contributed by atoms with Crippen molar-refractivity contribution in [3.8, 4) is 0 Å². The first kappa shape index (κ1) is 17.6. The third-order valence-corrected chi connectivity index (χ3v) is 6.33. The van der Waals surface area contributed by atoms with Gasteiger partial charge >= 0.3 is 5.69 Å². The Kier molecular flexibility index (Phi) is 3.93. The number of rotatable bonds is 4. The Labute approximate surface area is 160 Å². The molecule has 0 spiro atoms. The van der Waals surface area contributed by atoms with Crippen molar-refractivity contribution in [3.63, 3.8) is 0 Å². The second kappa shape index (κ2) is 6.25. The van der Waals surface area contributed by atoms with Crippen LogP contribution in [0.5, 0.6) is 0 Å². The van der Waals surface area contributed by atoms with Gasteiger partial charge in [0, 0.05) is 11.8 Å². The van der Waals surface area contributed by atoms with E-state index >= 15 is 0 Å². The number of halogens is 2. The zero-order valence-electron chi connectivity index (χ0n) is 15.5. The standard InChI is InChI=1S/C20H22F2N4O2/c21-14-6-4-13(5-7-14)20(8-9-20)12-25-19(28)26-16(2-1-3-17(26)23-25)18(27)24-10-15(22)11-24/h4-7,15-16H,1-3,8-12H2. The fourth-order valence-corrected chi connectivity index (χ4v) is 4.46. The third-order valence-electron chi connectivity index (χ3n) is 6.33. The van der Waals surface area contributed by atoms with Crippen molar-refractivity contribution < 1.29 is 13.6 Å². The van der Waals surface area contributed by atoms with Gasteiger partial charge in [-0.2, -0.15) is 5.10 Å². The summed E-state index contributed by atoms with van der Waals surface area (Å²) in [6, 6.07) is 5.84. The fourth-order valence-electron chi connectivity index (χ4n) is 4.46. The molecule has 2 aromatic rings. The van der Waals surface area contributed by atoms with Crippen molar-refractivity contribution >= 4 is 5.91 Å². The normalized spacial score (nSPS) is 23.2. The lowest BCUT2D eigenvalue weighted by atomic mass is 9.96. The third kappa shape index (κ3) is 2.77. The summed E-state index contributed by atoms with van der Waals surface area (Å²) >= 11 is 0. The van der Waals surface area contributed by atoms with Crippen LogP contribution in [0, 0.1) is 5.82 Å². The molecule has 3 aliphatic rings. The zero-order chi connectivity index (χ0) is 19.5. The number of nitrogens with zero attached hydrogens (tertiary/aromatic N) is 4. The number of hydrogen-bond donors (Lipinski definition) is 0. The predicted octanol–water partition coefficient (Wildman–Crippen LogP) is 1.97. The molecule has 1 saturated carbocycles. The van der Waals surface area contributed by atoms with Crippen molar-refractivity contribution in [2.24, 2.45) is 0 Å². The monoisotopic (exact) mass is 388 g/mol. The summed E-state index contributed by atoms with van der Waals surface area (Å²) in [7, 11) is 0. The molecule has 148 valence electrons. The van der Waals surface area contributed by atoms with Gasteiger partial charge < -0.3 is 4.90 Å². The minimum Gasteiger partial charge on any atom is -0.335 e. The molecule has 1 aromatic carbocycles. The van der Waals surface area contributed by atoms with Crippen LogP contribution >= 0.6 is 0 Å². The molecular formula is C20H22F2N4O2. The van der Waals surface area contributed by atoms with Crippen LogP contribution in [0.4, 0.5) is 8.78 Å². The molecule has 1 saturated heterocycles. The van der Waals surface area contributed by atoms with Crippen molar-refractivity contribution in [3.05, 3.63) is 52.0 Å². The Morgan fingerprint density at radius 3 is 2.57 bits per heavy atom. The minimum atomic E-state index is -0.961. The van der Waals surface area contributed by atoms with Crippen molar-refractivity contribution in [2.75, 3.05) is 13.1 Å². The number of aryl methyl sites for hydroxylation is 1. The van der Waals surface area contributed by atoms with Crippen LogP contribution in [-0.4, -0.2) is 44.4 Å². The van der Waals surface area contributed by atoms with E-state index in [9.17, 15) is 18.4 Å². The number of benzene rings is 1. The number of amides is 1. The maximum Gasteiger partial charge on any atom is 0.346 e. The highest BCUT2D eigenvalue weighted by Crippen LogP contribution is 2.49. The van der Waals surface area contributed by atoms with Gasteiger partial charge in [0.2, 0.25) is 5.91 Å². The molecule has 0 bridgehead atoms. The van der Waals surface area contributed by atoms with Gasteiger partial charge in [-0.3, -0.25) is 9.36 Å². The van der Waals surface area contributed by atoms with Crippen LogP contribution in [0.15, 0.2) is 29.1 Å². The predicted molar refractivity (Wildman–Crippen MR) is 97.3 cm³/mol. The van der Waals surface area contributed by atoms with Gasteiger partial charge in [0.25, 0.3) is 0 Å².